The van der Waals surface area contributed by atoms with Gasteiger partial charge in [-0.05, 0) is 31.2 Å². The number of carbonyl (C=O) groups excluding carboxylic acids is 2. The maximum Gasteiger partial charge on any atom is 0.324 e. The number of imidazole rings is 1. The summed E-state index contributed by atoms with van der Waals surface area (Å²) in [5, 5.41) is 0. The lowest BCUT2D eigenvalue weighted by molar-refractivity contribution is -0.146. The molecule has 30 heavy (non-hydrogen) atoms. The Hall–Kier alpha value is -3.33. The number of esters is 1. The van der Waals surface area contributed by atoms with Crippen LogP contribution in [0.3, 0.4) is 0 Å². The van der Waals surface area contributed by atoms with Crippen LogP contribution in [0.25, 0.3) is 11.2 Å². The second-order valence-electron chi connectivity index (χ2n) is 7.42. The maximum absolute atomic E-state index is 13.1. The zero-order chi connectivity index (χ0) is 21.1. The summed E-state index contributed by atoms with van der Waals surface area (Å²) in [6, 6.07) is 5.16. The Labute approximate surface area is 174 Å². The SMILES string of the molecule is COC(=O)C1CN(C(=O)c2cnc3c(c2)ncn3Cc2cccnc2)CCCN1C. The molecule has 9 heteroatoms. The molecule has 156 valence electrons. The molecule has 1 atom stereocenters. The van der Waals surface area contributed by atoms with E-state index in [1.165, 1.54) is 7.11 Å². The molecule has 0 aliphatic carbocycles. The Balaban J connectivity index is 1.55. The largest absolute Gasteiger partial charge is 0.468 e. The van der Waals surface area contributed by atoms with Crippen molar-refractivity contribution in [1.29, 1.82) is 0 Å². The van der Waals surface area contributed by atoms with Crippen LogP contribution in [-0.4, -0.2) is 81.0 Å². The number of carbonyl (C=O) groups is 2. The van der Waals surface area contributed by atoms with Gasteiger partial charge in [0.1, 0.15) is 11.6 Å². The van der Waals surface area contributed by atoms with Gasteiger partial charge in [0.15, 0.2) is 5.65 Å². The summed E-state index contributed by atoms with van der Waals surface area (Å²) in [6.07, 6.45) is 7.61. The van der Waals surface area contributed by atoms with E-state index in [0.29, 0.717) is 29.8 Å². The van der Waals surface area contributed by atoms with Gasteiger partial charge in [-0.2, -0.15) is 0 Å². The van der Waals surface area contributed by atoms with E-state index >= 15 is 0 Å². The maximum atomic E-state index is 13.1. The molecule has 0 radical (unpaired) electrons. The molecular formula is C21H24N6O3. The third-order valence-electron chi connectivity index (χ3n) is 5.40. The van der Waals surface area contributed by atoms with Crippen LogP contribution in [0.4, 0.5) is 0 Å². The molecule has 0 spiro atoms. The van der Waals surface area contributed by atoms with Gasteiger partial charge in [0, 0.05) is 38.2 Å². The molecule has 1 saturated heterocycles. The highest BCUT2D eigenvalue weighted by Crippen LogP contribution is 2.17. The van der Waals surface area contributed by atoms with Crippen molar-refractivity contribution in [3.8, 4) is 0 Å². The standard InChI is InChI=1S/C21H24N6O3/c1-25-7-4-8-26(13-18(25)21(29)30-2)20(28)16-9-17-19(23-11-16)27(14-24-17)12-15-5-3-6-22-10-15/h3,5-6,9-11,14,18H,4,7-8,12-13H2,1-2H3. The smallest absolute Gasteiger partial charge is 0.324 e. The lowest BCUT2D eigenvalue weighted by Crippen LogP contribution is -2.46. The van der Waals surface area contributed by atoms with Crippen molar-refractivity contribution in [3.05, 3.63) is 54.2 Å². The molecule has 9 nitrogen and oxygen atoms in total. The highest BCUT2D eigenvalue weighted by molar-refractivity contribution is 5.96. The van der Waals surface area contributed by atoms with E-state index in [9.17, 15) is 9.59 Å². The quantitative estimate of drug-likeness (QED) is 0.599. The summed E-state index contributed by atoms with van der Waals surface area (Å²) in [5.74, 6) is -0.490. The van der Waals surface area contributed by atoms with Gasteiger partial charge in [-0.3, -0.25) is 19.5 Å². The molecule has 0 saturated carbocycles. The molecule has 3 aromatic heterocycles. The van der Waals surface area contributed by atoms with Crippen molar-refractivity contribution < 1.29 is 14.3 Å². The van der Waals surface area contributed by atoms with Gasteiger partial charge in [-0.25, -0.2) is 9.97 Å². The number of hydrogen-bond acceptors (Lipinski definition) is 7. The van der Waals surface area contributed by atoms with E-state index < -0.39 is 6.04 Å². The van der Waals surface area contributed by atoms with Gasteiger partial charge in [-0.15, -0.1) is 0 Å². The van der Waals surface area contributed by atoms with E-state index in [0.717, 1.165) is 18.5 Å². The lowest BCUT2D eigenvalue weighted by Gasteiger charge is -2.26. The van der Waals surface area contributed by atoms with Gasteiger partial charge in [-0.1, -0.05) is 6.07 Å². The minimum Gasteiger partial charge on any atom is -0.468 e. The van der Waals surface area contributed by atoms with E-state index in [1.54, 1.807) is 35.9 Å². The fourth-order valence-corrected chi connectivity index (χ4v) is 3.73. The van der Waals surface area contributed by atoms with Crippen molar-refractivity contribution >= 4 is 23.0 Å². The summed E-state index contributed by atoms with van der Waals surface area (Å²) >= 11 is 0. The van der Waals surface area contributed by atoms with Crippen LogP contribution in [-0.2, 0) is 16.1 Å². The highest BCUT2D eigenvalue weighted by atomic mass is 16.5. The van der Waals surface area contributed by atoms with Gasteiger partial charge < -0.3 is 14.2 Å². The van der Waals surface area contributed by atoms with E-state index in [4.69, 9.17) is 4.74 Å². The summed E-state index contributed by atoms with van der Waals surface area (Å²) in [6.45, 7) is 2.18. The molecule has 0 aromatic carbocycles. The molecule has 4 heterocycles. The normalized spacial score (nSPS) is 17.7. The van der Waals surface area contributed by atoms with Gasteiger partial charge in [0.25, 0.3) is 5.91 Å². The number of ether oxygens (including phenoxy) is 1. The van der Waals surface area contributed by atoms with Gasteiger partial charge in [0.2, 0.25) is 0 Å². The second-order valence-corrected chi connectivity index (χ2v) is 7.42. The first-order valence-electron chi connectivity index (χ1n) is 9.84. The topological polar surface area (TPSA) is 93.4 Å². The molecule has 1 amide bonds. The van der Waals surface area contributed by atoms with Crippen molar-refractivity contribution in [2.45, 2.75) is 19.0 Å². The minimum atomic E-state index is -0.475. The minimum absolute atomic E-state index is 0.157. The van der Waals surface area contributed by atoms with Crippen molar-refractivity contribution in [1.82, 2.24) is 29.3 Å². The molecule has 3 aromatic rings. The zero-order valence-corrected chi connectivity index (χ0v) is 17.1. The summed E-state index contributed by atoms with van der Waals surface area (Å²) in [5.41, 5.74) is 2.86. The molecular weight excluding hydrogens is 384 g/mol. The summed E-state index contributed by atoms with van der Waals surface area (Å²) in [4.78, 5) is 41.9. The molecule has 0 N–H and O–H groups in total. The highest BCUT2D eigenvalue weighted by Gasteiger charge is 2.31. The zero-order valence-electron chi connectivity index (χ0n) is 17.1. The Morgan fingerprint density at radius 2 is 2.10 bits per heavy atom. The fraction of sp³-hybridized carbons (Fsp3) is 0.381. The number of aromatic nitrogens is 4. The van der Waals surface area contributed by atoms with Crippen LogP contribution in [0, 0.1) is 0 Å². The third kappa shape index (κ3) is 4.02. The Morgan fingerprint density at radius 3 is 2.87 bits per heavy atom. The van der Waals surface area contributed by atoms with Crippen LogP contribution >= 0.6 is 0 Å². The number of nitrogens with zero attached hydrogens (tertiary/aromatic N) is 6. The van der Waals surface area contributed by atoms with Crippen LogP contribution in [0.1, 0.15) is 22.3 Å². The van der Waals surface area contributed by atoms with Crippen molar-refractivity contribution in [2.75, 3.05) is 33.8 Å². The Morgan fingerprint density at radius 1 is 1.23 bits per heavy atom. The first kappa shape index (κ1) is 20.0. The van der Waals surface area contributed by atoms with Crippen LogP contribution in [0.2, 0.25) is 0 Å². The predicted molar refractivity (Wildman–Crippen MR) is 110 cm³/mol. The molecule has 0 bridgehead atoms. The predicted octanol–water partition coefficient (Wildman–Crippen LogP) is 1.19. The number of amides is 1. The third-order valence-corrected chi connectivity index (χ3v) is 5.40. The molecule has 1 aliphatic rings. The van der Waals surface area contributed by atoms with E-state index in [-0.39, 0.29) is 18.4 Å². The Kier molecular flexibility index (Phi) is 5.71. The molecule has 1 aliphatic heterocycles. The number of likely N-dealkylation sites (N-methyl/N-ethyl adjacent to an activating group) is 1. The van der Waals surface area contributed by atoms with E-state index in [2.05, 4.69) is 15.0 Å². The first-order chi connectivity index (χ1) is 14.6. The van der Waals surface area contributed by atoms with Gasteiger partial charge in [0.05, 0.1) is 25.5 Å². The monoisotopic (exact) mass is 408 g/mol. The molecule has 1 fully saturated rings. The van der Waals surface area contributed by atoms with Gasteiger partial charge >= 0.3 is 5.97 Å². The Bertz CT molecular complexity index is 1050. The summed E-state index contributed by atoms with van der Waals surface area (Å²) in [7, 11) is 3.24. The average molecular weight is 408 g/mol. The van der Waals surface area contributed by atoms with Crippen molar-refractivity contribution in [3.63, 3.8) is 0 Å². The average Bonchev–Trinajstić information content (AvgIpc) is 3.06. The first-order valence-corrected chi connectivity index (χ1v) is 9.84. The molecule has 4 rings (SSSR count). The number of fused-ring (bicyclic) bond motifs is 1. The number of pyridine rings is 2. The van der Waals surface area contributed by atoms with Crippen molar-refractivity contribution in [2.24, 2.45) is 0 Å². The number of hydrogen-bond donors (Lipinski definition) is 0. The lowest BCUT2D eigenvalue weighted by atomic mass is 10.2. The number of methoxy groups -OCH3 is 1. The second kappa shape index (κ2) is 8.58. The van der Waals surface area contributed by atoms with E-state index in [1.807, 2.05) is 28.6 Å². The molecule has 1 unspecified atom stereocenters. The van der Waals surface area contributed by atoms with Crippen LogP contribution < -0.4 is 0 Å². The van der Waals surface area contributed by atoms with Crippen LogP contribution in [0.5, 0.6) is 0 Å². The number of rotatable bonds is 4. The fourth-order valence-electron chi connectivity index (χ4n) is 3.73. The summed E-state index contributed by atoms with van der Waals surface area (Å²) < 4.78 is 6.84. The van der Waals surface area contributed by atoms with Crippen LogP contribution in [0.15, 0.2) is 43.1 Å².